The van der Waals surface area contributed by atoms with Gasteiger partial charge in [-0.15, -0.1) is 0 Å². The first-order valence-electron chi connectivity index (χ1n) is 9.93. The van der Waals surface area contributed by atoms with Crippen LogP contribution in [0.5, 0.6) is 5.75 Å². The van der Waals surface area contributed by atoms with Crippen molar-refractivity contribution >= 4 is 23.3 Å². The number of para-hydroxylation sites is 2. The monoisotopic (exact) mass is 396 g/mol. The molecule has 1 aliphatic rings. The molecule has 7 nitrogen and oxygen atoms in total. The highest BCUT2D eigenvalue weighted by atomic mass is 16.5. The molecule has 1 aromatic carbocycles. The number of amides is 2. The highest BCUT2D eigenvalue weighted by Gasteiger charge is 2.26. The van der Waals surface area contributed by atoms with Gasteiger partial charge in [0.2, 0.25) is 11.8 Å². The van der Waals surface area contributed by atoms with Crippen molar-refractivity contribution in [2.45, 2.75) is 26.9 Å². The van der Waals surface area contributed by atoms with Crippen LogP contribution in [-0.4, -0.2) is 60.5 Å². The van der Waals surface area contributed by atoms with Crippen molar-refractivity contribution < 1.29 is 14.3 Å². The Bertz CT molecular complexity index is 833. The zero-order valence-corrected chi connectivity index (χ0v) is 17.2. The quantitative estimate of drug-likeness (QED) is 0.751. The van der Waals surface area contributed by atoms with Crippen LogP contribution >= 0.6 is 0 Å². The topological polar surface area (TPSA) is 66.0 Å². The second kappa shape index (κ2) is 9.41. The minimum absolute atomic E-state index is 0.00259. The first-order valence-corrected chi connectivity index (χ1v) is 9.93. The Labute approximate surface area is 171 Å². The standard InChI is InChI=1S/C22H28N4O3/c1-17(2)29-20-9-5-4-8-19(20)26(18(3)27)16-22(28)25-14-12-24(13-15-25)21-10-6-7-11-23-21/h4-11,17H,12-16H2,1-3H3. The first kappa shape index (κ1) is 20.6. The third kappa shape index (κ3) is 5.25. The van der Waals surface area contributed by atoms with Gasteiger partial charge in [-0.1, -0.05) is 18.2 Å². The Morgan fingerprint density at radius 1 is 1.07 bits per heavy atom. The Hall–Kier alpha value is -3.09. The molecule has 1 aromatic heterocycles. The molecule has 1 fully saturated rings. The van der Waals surface area contributed by atoms with E-state index in [-0.39, 0.29) is 24.5 Å². The molecule has 154 valence electrons. The summed E-state index contributed by atoms with van der Waals surface area (Å²) in [5, 5.41) is 0. The summed E-state index contributed by atoms with van der Waals surface area (Å²) in [6.45, 7) is 7.97. The van der Waals surface area contributed by atoms with Gasteiger partial charge in [0.15, 0.2) is 0 Å². The van der Waals surface area contributed by atoms with Crippen LogP contribution in [0, 0.1) is 0 Å². The molecule has 2 aromatic rings. The third-order valence-corrected chi connectivity index (χ3v) is 4.80. The summed E-state index contributed by atoms with van der Waals surface area (Å²) in [6.07, 6.45) is 1.74. The van der Waals surface area contributed by atoms with Gasteiger partial charge in [-0.3, -0.25) is 14.5 Å². The number of ether oxygens (including phenoxy) is 1. The molecule has 0 aliphatic carbocycles. The maximum Gasteiger partial charge on any atom is 0.242 e. The fraction of sp³-hybridized carbons (Fsp3) is 0.409. The molecule has 0 spiro atoms. The molecular weight excluding hydrogens is 368 g/mol. The number of aromatic nitrogens is 1. The minimum Gasteiger partial charge on any atom is -0.489 e. The maximum atomic E-state index is 12.9. The number of hydrogen-bond donors (Lipinski definition) is 0. The fourth-order valence-electron chi connectivity index (χ4n) is 3.36. The second-order valence-electron chi connectivity index (χ2n) is 7.30. The van der Waals surface area contributed by atoms with E-state index in [4.69, 9.17) is 4.74 Å². The van der Waals surface area contributed by atoms with E-state index in [1.807, 2.05) is 56.3 Å². The summed E-state index contributed by atoms with van der Waals surface area (Å²) in [7, 11) is 0. The summed E-state index contributed by atoms with van der Waals surface area (Å²) in [5.41, 5.74) is 0.620. The van der Waals surface area contributed by atoms with Crippen molar-refractivity contribution in [3.8, 4) is 5.75 Å². The molecule has 2 heterocycles. The molecule has 29 heavy (non-hydrogen) atoms. The van der Waals surface area contributed by atoms with E-state index < -0.39 is 0 Å². The Morgan fingerprint density at radius 3 is 2.38 bits per heavy atom. The van der Waals surface area contributed by atoms with Gasteiger partial charge in [0.1, 0.15) is 18.1 Å². The maximum absolute atomic E-state index is 12.9. The van der Waals surface area contributed by atoms with E-state index in [1.165, 1.54) is 11.8 Å². The number of carbonyl (C=O) groups is 2. The molecule has 0 radical (unpaired) electrons. The second-order valence-corrected chi connectivity index (χ2v) is 7.30. The molecule has 1 saturated heterocycles. The summed E-state index contributed by atoms with van der Waals surface area (Å²) in [4.78, 5) is 35.1. The van der Waals surface area contributed by atoms with Crippen LogP contribution < -0.4 is 14.5 Å². The Kier molecular flexibility index (Phi) is 6.69. The number of piperazine rings is 1. The van der Waals surface area contributed by atoms with Crippen LogP contribution in [0.25, 0.3) is 0 Å². The van der Waals surface area contributed by atoms with Gasteiger partial charge in [-0.25, -0.2) is 4.98 Å². The van der Waals surface area contributed by atoms with Crippen molar-refractivity contribution in [3.63, 3.8) is 0 Å². The van der Waals surface area contributed by atoms with Gasteiger partial charge in [0.25, 0.3) is 0 Å². The van der Waals surface area contributed by atoms with Gasteiger partial charge in [-0.05, 0) is 38.1 Å². The molecule has 1 aliphatic heterocycles. The van der Waals surface area contributed by atoms with Crippen molar-refractivity contribution in [1.82, 2.24) is 9.88 Å². The molecule has 0 bridgehead atoms. The number of carbonyl (C=O) groups excluding carboxylic acids is 2. The predicted molar refractivity (Wildman–Crippen MR) is 113 cm³/mol. The molecule has 0 atom stereocenters. The zero-order chi connectivity index (χ0) is 20.8. The summed E-state index contributed by atoms with van der Waals surface area (Å²) in [6, 6.07) is 13.2. The van der Waals surface area contributed by atoms with E-state index in [1.54, 1.807) is 11.1 Å². The highest BCUT2D eigenvalue weighted by Crippen LogP contribution is 2.29. The fourth-order valence-corrected chi connectivity index (χ4v) is 3.36. The Morgan fingerprint density at radius 2 is 1.76 bits per heavy atom. The van der Waals surface area contributed by atoms with E-state index in [0.29, 0.717) is 24.5 Å². The number of rotatable bonds is 6. The lowest BCUT2D eigenvalue weighted by Gasteiger charge is -2.36. The molecular formula is C22H28N4O3. The molecule has 0 unspecified atom stereocenters. The van der Waals surface area contributed by atoms with E-state index in [0.717, 1.165) is 18.9 Å². The predicted octanol–water partition coefficient (Wildman–Crippen LogP) is 2.57. The van der Waals surface area contributed by atoms with E-state index >= 15 is 0 Å². The number of nitrogens with zero attached hydrogens (tertiary/aromatic N) is 4. The number of pyridine rings is 1. The third-order valence-electron chi connectivity index (χ3n) is 4.80. The normalized spacial score (nSPS) is 14.1. The molecule has 2 amide bonds. The molecule has 7 heteroatoms. The van der Waals surface area contributed by atoms with Gasteiger partial charge in [-0.2, -0.15) is 0 Å². The number of benzene rings is 1. The average molecular weight is 396 g/mol. The van der Waals surface area contributed by atoms with Crippen molar-refractivity contribution in [2.75, 3.05) is 42.5 Å². The van der Waals surface area contributed by atoms with Crippen molar-refractivity contribution in [1.29, 1.82) is 0 Å². The minimum atomic E-state index is -0.190. The van der Waals surface area contributed by atoms with Gasteiger partial charge >= 0.3 is 0 Å². The van der Waals surface area contributed by atoms with Crippen LogP contribution in [-0.2, 0) is 9.59 Å². The summed E-state index contributed by atoms with van der Waals surface area (Å²) in [5.74, 6) is 1.26. The average Bonchev–Trinajstić information content (AvgIpc) is 2.72. The van der Waals surface area contributed by atoms with Gasteiger partial charge in [0.05, 0.1) is 11.8 Å². The van der Waals surface area contributed by atoms with E-state index in [9.17, 15) is 9.59 Å². The Balaban J connectivity index is 1.66. The summed E-state index contributed by atoms with van der Waals surface area (Å²) >= 11 is 0. The smallest absolute Gasteiger partial charge is 0.242 e. The van der Waals surface area contributed by atoms with Crippen LogP contribution in [0.15, 0.2) is 48.7 Å². The molecule has 0 N–H and O–H groups in total. The summed E-state index contributed by atoms with van der Waals surface area (Å²) < 4.78 is 5.83. The lowest BCUT2D eigenvalue weighted by atomic mass is 10.2. The number of hydrogen-bond acceptors (Lipinski definition) is 5. The zero-order valence-electron chi connectivity index (χ0n) is 17.2. The van der Waals surface area contributed by atoms with E-state index in [2.05, 4.69) is 9.88 Å². The van der Waals surface area contributed by atoms with Crippen molar-refractivity contribution in [3.05, 3.63) is 48.7 Å². The van der Waals surface area contributed by atoms with Crippen molar-refractivity contribution in [2.24, 2.45) is 0 Å². The highest BCUT2D eigenvalue weighted by molar-refractivity contribution is 5.98. The number of anilines is 2. The lowest BCUT2D eigenvalue weighted by Crippen LogP contribution is -2.52. The van der Waals surface area contributed by atoms with Gasteiger partial charge < -0.3 is 14.5 Å². The van der Waals surface area contributed by atoms with Crippen LogP contribution in [0.1, 0.15) is 20.8 Å². The lowest BCUT2D eigenvalue weighted by molar-refractivity contribution is -0.131. The van der Waals surface area contributed by atoms with Crippen LogP contribution in [0.3, 0.4) is 0 Å². The van der Waals surface area contributed by atoms with Gasteiger partial charge in [0, 0.05) is 39.3 Å². The first-order chi connectivity index (χ1) is 14.0. The van der Waals surface area contributed by atoms with Crippen LogP contribution in [0.4, 0.5) is 11.5 Å². The molecule has 3 rings (SSSR count). The van der Waals surface area contributed by atoms with Crippen LogP contribution in [0.2, 0.25) is 0 Å². The largest absolute Gasteiger partial charge is 0.489 e. The molecule has 0 saturated carbocycles. The SMILES string of the molecule is CC(=O)N(CC(=O)N1CCN(c2ccccn2)CC1)c1ccccc1OC(C)C.